The summed E-state index contributed by atoms with van der Waals surface area (Å²) in [6, 6.07) is 10.1. The van der Waals surface area contributed by atoms with E-state index in [0.29, 0.717) is 5.82 Å². The zero-order chi connectivity index (χ0) is 20.0. The van der Waals surface area contributed by atoms with Crippen molar-refractivity contribution in [3.05, 3.63) is 59.5 Å². The molecule has 0 bridgehead atoms. The number of anilines is 2. The second-order valence-corrected chi connectivity index (χ2v) is 8.86. The highest BCUT2D eigenvalue weighted by atomic mass is 32.1. The predicted octanol–water partition coefficient (Wildman–Crippen LogP) is 4.71. The molecule has 7 heteroatoms. The van der Waals surface area contributed by atoms with E-state index >= 15 is 0 Å². The minimum atomic E-state index is -0.382. The van der Waals surface area contributed by atoms with E-state index in [1.807, 2.05) is 37.4 Å². The number of hydrogen-bond donors (Lipinski definition) is 2. The molecule has 0 spiro atoms. The summed E-state index contributed by atoms with van der Waals surface area (Å²) in [6.45, 7) is 4.11. The second kappa shape index (κ2) is 6.86. The number of hydrogen-bond acceptors (Lipinski definition) is 7. The van der Waals surface area contributed by atoms with Crippen molar-refractivity contribution in [2.24, 2.45) is 5.73 Å². The summed E-state index contributed by atoms with van der Waals surface area (Å²) >= 11 is 1.60. The van der Waals surface area contributed by atoms with Crippen LogP contribution in [0.2, 0.25) is 0 Å². The maximum atomic E-state index is 6.48. The molecule has 1 aliphatic rings. The monoisotopic (exact) mass is 402 g/mol. The van der Waals surface area contributed by atoms with Crippen LogP contribution in [-0.2, 0) is 12.0 Å². The fraction of sp³-hybridized carbons (Fsp3) is 0.273. The number of aromatic nitrogens is 4. The van der Waals surface area contributed by atoms with Crippen molar-refractivity contribution < 1.29 is 0 Å². The molecule has 0 saturated heterocycles. The highest BCUT2D eigenvalue weighted by Gasteiger charge is 2.29. The first-order valence-corrected chi connectivity index (χ1v) is 10.6. The lowest BCUT2D eigenvalue weighted by atomic mass is 9.82. The van der Waals surface area contributed by atoms with Gasteiger partial charge in [0.15, 0.2) is 0 Å². The molecule has 0 saturated carbocycles. The Labute approximate surface area is 173 Å². The summed E-state index contributed by atoms with van der Waals surface area (Å²) < 4.78 is 1.03. The van der Waals surface area contributed by atoms with Gasteiger partial charge in [-0.15, -0.1) is 11.3 Å². The molecule has 0 aromatic carbocycles. The largest absolute Gasteiger partial charge is 0.325 e. The molecule has 0 radical (unpaired) electrons. The lowest BCUT2D eigenvalue weighted by molar-refractivity contribution is 0.396. The van der Waals surface area contributed by atoms with Crippen LogP contribution in [-0.4, -0.2) is 19.9 Å². The Morgan fingerprint density at radius 2 is 2.03 bits per heavy atom. The zero-order valence-electron chi connectivity index (χ0n) is 16.4. The number of nitrogens with two attached hydrogens (primary N) is 1. The van der Waals surface area contributed by atoms with Crippen LogP contribution in [0, 0.1) is 6.92 Å². The predicted molar refractivity (Wildman–Crippen MR) is 117 cm³/mol. The van der Waals surface area contributed by atoms with Crippen LogP contribution in [0.1, 0.15) is 36.6 Å². The van der Waals surface area contributed by atoms with Crippen LogP contribution in [0.15, 0.2) is 42.7 Å². The smallest absolute Gasteiger partial charge is 0.143 e. The van der Waals surface area contributed by atoms with Crippen molar-refractivity contribution in [1.82, 2.24) is 19.9 Å². The number of nitrogens with zero attached hydrogens (tertiary/aromatic N) is 4. The maximum Gasteiger partial charge on any atom is 0.143 e. The van der Waals surface area contributed by atoms with E-state index in [4.69, 9.17) is 15.7 Å². The van der Waals surface area contributed by atoms with E-state index in [2.05, 4.69) is 28.3 Å². The van der Waals surface area contributed by atoms with Crippen LogP contribution in [0.25, 0.3) is 20.9 Å². The molecular formula is C22H22N6S. The summed E-state index contributed by atoms with van der Waals surface area (Å²) in [5.74, 6) is 1.47. The van der Waals surface area contributed by atoms with E-state index in [1.54, 1.807) is 17.5 Å². The molecule has 0 unspecified atom stereocenters. The maximum absolute atomic E-state index is 6.48. The number of thiazole rings is 1. The molecule has 0 aliphatic heterocycles. The Morgan fingerprint density at radius 1 is 1.14 bits per heavy atom. The first-order chi connectivity index (χ1) is 14.0. The standard InChI is InChI=1S/C22H22N6S/c1-13-5-4-10-24-19(13)21-26-15-11-18(25-12-16(15)29-21)27-17-8-7-14-6-3-9-22(2,23)20(14)28-17/h4-5,7-8,10-12H,3,6,9,23H2,1-2H3,(H,25,27,28)/t22-/m1/s1. The molecule has 29 heavy (non-hydrogen) atoms. The third-order valence-corrected chi connectivity index (χ3v) is 6.42. The van der Waals surface area contributed by atoms with Crippen molar-refractivity contribution >= 4 is 33.2 Å². The van der Waals surface area contributed by atoms with Crippen molar-refractivity contribution in [3.8, 4) is 10.7 Å². The van der Waals surface area contributed by atoms with Gasteiger partial charge in [-0.1, -0.05) is 12.1 Å². The van der Waals surface area contributed by atoms with Gasteiger partial charge in [-0.3, -0.25) is 4.98 Å². The Kier molecular flexibility index (Phi) is 4.29. The van der Waals surface area contributed by atoms with E-state index in [-0.39, 0.29) is 5.54 Å². The van der Waals surface area contributed by atoms with Crippen LogP contribution in [0.3, 0.4) is 0 Å². The van der Waals surface area contributed by atoms with Crippen LogP contribution >= 0.6 is 11.3 Å². The van der Waals surface area contributed by atoms with Gasteiger partial charge in [-0.2, -0.15) is 0 Å². The number of fused-ring (bicyclic) bond motifs is 2. The minimum absolute atomic E-state index is 0.382. The van der Waals surface area contributed by atoms with Gasteiger partial charge in [0.1, 0.15) is 22.3 Å². The molecule has 146 valence electrons. The average Bonchev–Trinajstić information content (AvgIpc) is 3.12. The average molecular weight is 403 g/mol. The number of aryl methyl sites for hydroxylation is 2. The van der Waals surface area contributed by atoms with Gasteiger partial charge < -0.3 is 11.1 Å². The Bertz CT molecular complexity index is 1210. The molecule has 6 nitrogen and oxygen atoms in total. The van der Waals surface area contributed by atoms with E-state index < -0.39 is 0 Å². The van der Waals surface area contributed by atoms with Crippen LogP contribution in [0.4, 0.5) is 11.6 Å². The normalized spacial score (nSPS) is 18.6. The van der Waals surface area contributed by atoms with Gasteiger partial charge in [0.2, 0.25) is 0 Å². The highest BCUT2D eigenvalue weighted by molar-refractivity contribution is 7.21. The Hall–Kier alpha value is -2.90. The first kappa shape index (κ1) is 18.1. The van der Waals surface area contributed by atoms with Crippen molar-refractivity contribution in [2.75, 3.05) is 5.32 Å². The molecule has 3 N–H and O–H groups in total. The summed E-state index contributed by atoms with van der Waals surface area (Å²) in [5.41, 5.74) is 11.2. The van der Waals surface area contributed by atoms with Crippen molar-refractivity contribution in [3.63, 3.8) is 0 Å². The summed E-state index contributed by atoms with van der Waals surface area (Å²) in [5, 5.41) is 4.22. The summed E-state index contributed by atoms with van der Waals surface area (Å²) in [7, 11) is 0. The molecule has 0 fully saturated rings. The number of rotatable bonds is 3. The highest BCUT2D eigenvalue weighted by Crippen LogP contribution is 2.34. The van der Waals surface area contributed by atoms with E-state index in [9.17, 15) is 0 Å². The Balaban J connectivity index is 1.47. The SMILES string of the molecule is Cc1cccnc1-c1nc2cc(Nc3ccc4c(n3)[C@](C)(N)CCC4)ncc2s1. The minimum Gasteiger partial charge on any atom is -0.325 e. The van der Waals surface area contributed by atoms with Gasteiger partial charge in [0.25, 0.3) is 0 Å². The fourth-order valence-electron chi connectivity index (χ4n) is 3.86. The lowest BCUT2D eigenvalue weighted by Gasteiger charge is -2.31. The van der Waals surface area contributed by atoms with E-state index in [1.165, 1.54) is 5.56 Å². The molecule has 0 amide bonds. The lowest BCUT2D eigenvalue weighted by Crippen LogP contribution is -2.37. The molecule has 4 aromatic rings. The van der Waals surface area contributed by atoms with Gasteiger partial charge in [-0.25, -0.2) is 15.0 Å². The van der Waals surface area contributed by atoms with E-state index in [0.717, 1.165) is 57.3 Å². The van der Waals surface area contributed by atoms with Crippen molar-refractivity contribution in [2.45, 2.75) is 38.6 Å². The van der Waals surface area contributed by atoms with Crippen LogP contribution < -0.4 is 11.1 Å². The molecule has 1 atom stereocenters. The topological polar surface area (TPSA) is 89.6 Å². The molecule has 4 aromatic heterocycles. The van der Waals surface area contributed by atoms with Gasteiger partial charge in [-0.05, 0) is 56.4 Å². The number of pyridine rings is 3. The first-order valence-electron chi connectivity index (χ1n) is 9.74. The van der Waals surface area contributed by atoms with Gasteiger partial charge >= 0.3 is 0 Å². The quantitative estimate of drug-likeness (QED) is 0.516. The van der Waals surface area contributed by atoms with Crippen molar-refractivity contribution in [1.29, 1.82) is 0 Å². The summed E-state index contributed by atoms with van der Waals surface area (Å²) in [4.78, 5) is 18.6. The molecule has 1 aliphatic carbocycles. The molecule has 4 heterocycles. The van der Waals surface area contributed by atoms with Gasteiger partial charge in [0.05, 0.1) is 21.4 Å². The third kappa shape index (κ3) is 3.36. The molecule has 5 rings (SSSR count). The van der Waals surface area contributed by atoms with Gasteiger partial charge in [0, 0.05) is 18.5 Å². The van der Waals surface area contributed by atoms with Crippen LogP contribution in [0.5, 0.6) is 0 Å². The second-order valence-electron chi connectivity index (χ2n) is 7.83. The number of nitrogens with one attached hydrogen (secondary N) is 1. The zero-order valence-corrected chi connectivity index (χ0v) is 17.3. The fourth-order valence-corrected chi connectivity index (χ4v) is 4.84. The molecular weight excluding hydrogens is 380 g/mol. The third-order valence-electron chi connectivity index (χ3n) is 5.41. The summed E-state index contributed by atoms with van der Waals surface area (Å²) in [6.07, 6.45) is 6.74. The Morgan fingerprint density at radius 3 is 2.90 bits per heavy atom.